The molecule has 11 heteroatoms. The maximum Gasteiger partial charge on any atom is 0.417 e. The van der Waals surface area contributed by atoms with Crippen molar-refractivity contribution in [2.45, 2.75) is 33.1 Å². The summed E-state index contributed by atoms with van der Waals surface area (Å²) in [7, 11) is 0. The van der Waals surface area contributed by atoms with Gasteiger partial charge in [-0.1, -0.05) is 17.7 Å². The molecule has 0 bridgehead atoms. The van der Waals surface area contributed by atoms with Crippen LogP contribution in [0.2, 0.25) is 5.02 Å². The number of hydrogen-bond donors (Lipinski definition) is 2. The summed E-state index contributed by atoms with van der Waals surface area (Å²) in [6, 6.07) is 7.50. The van der Waals surface area contributed by atoms with Gasteiger partial charge in [-0.25, -0.2) is 9.78 Å². The van der Waals surface area contributed by atoms with Crippen LogP contribution in [-0.4, -0.2) is 26.1 Å². The third kappa shape index (κ3) is 4.62. The van der Waals surface area contributed by atoms with Gasteiger partial charge in [0, 0.05) is 19.6 Å². The molecule has 33 heavy (non-hydrogen) atoms. The molecule has 0 radical (unpaired) electrons. The first kappa shape index (κ1) is 22.9. The molecule has 0 aliphatic carbocycles. The molecule has 0 saturated carbocycles. The molecule has 2 heterocycles. The van der Waals surface area contributed by atoms with E-state index in [1.54, 1.807) is 4.57 Å². The molecule has 2 aromatic rings. The number of nitrogens with zero attached hydrogens (tertiary/aromatic N) is 3. The molecule has 2 N–H and O–H groups in total. The van der Waals surface area contributed by atoms with Crippen LogP contribution in [0.1, 0.15) is 22.3 Å². The van der Waals surface area contributed by atoms with Crippen LogP contribution in [0.5, 0.6) is 0 Å². The number of benzene rings is 2. The maximum absolute atomic E-state index is 13.1. The lowest BCUT2D eigenvalue weighted by Crippen LogP contribution is -2.30. The summed E-state index contributed by atoms with van der Waals surface area (Å²) in [5.74, 6) is 0.146. The highest BCUT2D eigenvalue weighted by atomic mass is 35.5. The zero-order valence-electron chi connectivity index (χ0n) is 17.7. The number of nitrogens with one attached hydrogen (secondary N) is 2. The van der Waals surface area contributed by atoms with Gasteiger partial charge in [-0.05, 0) is 54.8 Å². The molecule has 2 aromatic carbocycles. The van der Waals surface area contributed by atoms with Crippen molar-refractivity contribution < 1.29 is 13.2 Å². The quantitative estimate of drug-likeness (QED) is 0.338. The highest BCUT2D eigenvalue weighted by Crippen LogP contribution is 2.35. The van der Waals surface area contributed by atoms with Crippen LogP contribution in [0.4, 0.5) is 13.2 Å². The molecule has 2 aliphatic heterocycles. The summed E-state index contributed by atoms with van der Waals surface area (Å²) in [4.78, 5) is 34.6. The summed E-state index contributed by atoms with van der Waals surface area (Å²) in [6.07, 6.45) is -4.54. The van der Waals surface area contributed by atoms with Crippen molar-refractivity contribution in [3.8, 4) is 11.5 Å². The Morgan fingerprint density at radius 1 is 1.09 bits per heavy atom. The molecule has 0 unspecified atom stereocenters. The predicted octanol–water partition coefficient (Wildman–Crippen LogP) is 3.66. The van der Waals surface area contributed by atoms with Crippen LogP contribution in [0, 0.1) is 13.8 Å². The van der Waals surface area contributed by atoms with Crippen molar-refractivity contribution in [2.24, 2.45) is 0 Å². The van der Waals surface area contributed by atoms with E-state index in [4.69, 9.17) is 11.6 Å². The topological polar surface area (TPSA) is 92.7 Å². The van der Waals surface area contributed by atoms with E-state index in [-0.39, 0.29) is 23.1 Å². The first-order valence-corrected chi connectivity index (χ1v) is 10.4. The molecule has 0 fully saturated rings. The summed E-state index contributed by atoms with van der Waals surface area (Å²) < 4.78 is 41.0. The molecular formula is C22H19ClF3N5O2. The van der Waals surface area contributed by atoms with E-state index in [1.165, 1.54) is 12.1 Å². The zero-order chi connectivity index (χ0) is 23.9. The second-order valence-electron chi connectivity index (χ2n) is 7.72. The third-order valence-electron chi connectivity index (χ3n) is 5.40. The Bertz CT molecular complexity index is 1450. The Labute approximate surface area is 190 Å². The zero-order valence-corrected chi connectivity index (χ0v) is 18.4. The van der Waals surface area contributed by atoms with E-state index >= 15 is 0 Å². The van der Waals surface area contributed by atoms with Crippen molar-refractivity contribution in [2.75, 3.05) is 6.54 Å². The van der Waals surface area contributed by atoms with Crippen molar-refractivity contribution >= 4 is 22.6 Å². The second kappa shape index (κ2) is 8.60. The molecule has 2 aliphatic rings. The smallest absolute Gasteiger partial charge is 0.321 e. The highest BCUT2D eigenvalue weighted by molar-refractivity contribution is 6.31. The fourth-order valence-electron chi connectivity index (χ4n) is 3.60. The van der Waals surface area contributed by atoms with E-state index in [0.717, 1.165) is 17.2 Å². The maximum atomic E-state index is 13.1. The van der Waals surface area contributed by atoms with Crippen LogP contribution < -0.4 is 16.6 Å². The first-order chi connectivity index (χ1) is 15.5. The minimum Gasteiger partial charge on any atom is -0.321 e. The SMILES string of the molecule is Cc1cc2nc3c(=O)[nH]c(=O)nc-3n(CCNCc3ccc(Cl)c(C(F)(F)F)c3)c2cc1C. The monoisotopic (exact) mass is 477 g/mol. The largest absolute Gasteiger partial charge is 0.417 e. The molecular weight excluding hydrogens is 459 g/mol. The van der Waals surface area contributed by atoms with Gasteiger partial charge >= 0.3 is 11.9 Å². The fourth-order valence-corrected chi connectivity index (χ4v) is 3.82. The second-order valence-corrected chi connectivity index (χ2v) is 8.13. The number of aromatic nitrogens is 4. The lowest BCUT2D eigenvalue weighted by atomic mass is 10.1. The number of rotatable bonds is 5. The lowest BCUT2D eigenvalue weighted by molar-refractivity contribution is -0.137. The van der Waals surface area contributed by atoms with Gasteiger partial charge in [0.2, 0.25) is 0 Å². The van der Waals surface area contributed by atoms with Crippen molar-refractivity contribution in [3.05, 3.63) is 78.4 Å². The van der Waals surface area contributed by atoms with Crippen molar-refractivity contribution in [1.29, 1.82) is 0 Å². The number of aromatic amines is 1. The molecule has 172 valence electrons. The summed E-state index contributed by atoms with van der Waals surface area (Å²) in [5.41, 5.74) is 1.42. The van der Waals surface area contributed by atoms with E-state index < -0.39 is 23.0 Å². The highest BCUT2D eigenvalue weighted by Gasteiger charge is 2.33. The van der Waals surface area contributed by atoms with Crippen molar-refractivity contribution in [1.82, 2.24) is 24.8 Å². The minimum absolute atomic E-state index is 0.0397. The van der Waals surface area contributed by atoms with Gasteiger partial charge in [0.15, 0.2) is 11.5 Å². The number of hydrogen-bond acceptors (Lipinski definition) is 5. The Hall–Kier alpha value is -3.24. The summed E-state index contributed by atoms with van der Waals surface area (Å²) >= 11 is 5.67. The van der Waals surface area contributed by atoms with Gasteiger partial charge in [-0.3, -0.25) is 9.78 Å². The average Bonchev–Trinajstić information content (AvgIpc) is 2.72. The number of alkyl halides is 3. The molecule has 4 rings (SSSR count). The number of H-pyrrole nitrogens is 1. The normalized spacial score (nSPS) is 12.1. The van der Waals surface area contributed by atoms with Crippen LogP contribution in [0.15, 0.2) is 39.9 Å². The third-order valence-corrected chi connectivity index (χ3v) is 5.73. The molecule has 0 aromatic heterocycles. The summed E-state index contributed by atoms with van der Waals surface area (Å²) in [6.45, 7) is 4.66. The van der Waals surface area contributed by atoms with Crippen LogP contribution >= 0.6 is 11.6 Å². The summed E-state index contributed by atoms with van der Waals surface area (Å²) in [5, 5.41) is 2.73. The fraction of sp³-hybridized carbons (Fsp3) is 0.273. The van der Waals surface area contributed by atoms with Crippen LogP contribution in [0.3, 0.4) is 0 Å². The van der Waals surface area contributed by atoms with Crippen LogP contribution in [0.25, 0.3) is 22.6 Å². The Kier molecular flexibility index (Phi) is 5.98. The van der Waals surface area contributed by atoms with E-state index in [2.05, 4.69) is 20.3 Å². The van der Waals surface area contributed by atoms with Crippen LogP contribution in [-0.2, 0) is 19.3 Å². The standard InChI is InChI=1S/C22H19ClF3N5O2/c1-11-7-16-17(8-12(11)2)31(19-18(28-16)20(32)30-21(33)29-19)6-5-27-10-13-3-4-15(23)14(9-13)22(24,25)26/h3-4,7-9,27H,5-6,10H2,1-2H3,(H,30,32,33). The van der Waals surface area contributed by atoms with Gasteiger partial charge in [0.05, 0.1) is 21.6 Å². The van der Waals surface area contributed by atoms with E-state index in [0.29, 0.717) is 29.7 Å². The Morgan fingerprint density at radius 2 is 1.82 bits per heavy atom. The van der Waals surface area contributed by atoms with Crippen molar-refractivity contribution in [3.63, 3.8) is 0 Å². The first-order valence-electron chi connectivity index (χ1n) is 10.0. The molecule has 0 spiro atoms. The Morgan fingerprint density at radius 3 is 2.55 bits per heavy atom. The average molecular weight is 478 g/mol. The predicted molar refractivity (Wildman–Crippen MR) is 119 cm³/mol. The minimum atomic E-state index is -4.54. The lowest BCUT2D eigenvalue weighted by Gasteiger charge is -2.18. The number of fused-ring (bicyclic) bond motifs is 2. The molecule has 0 atom stereocenters. The van der Waals surface area contributed by atoms with E-state index in [9.17, 15) is 22.8 Å². The van der Waals surface area contributed by atoms with Gasteiger partial charge in [-0.2, -0.15) is 18.2 Å². The number of halogens is 4. The number of aryl methyl sites for hydroxylation is 2. The van der Waals surface area contributed by atoms with Gasteiger partial charge in [0.1, 0.15) is 0 Å². The Balaban J connectivity index is 1.64. The molecule has 0 amide bonds. The van der Waals surface area contributed by atoms with Gasteiger partial charge in [-0.15, -0.1) is 0 Å². The van der Waals surface area contributed by atoms with Gasteiger partial charge in [0.25, 0.3) is 5.56 Å². The van der Waals surface area contributed by atoms with E-state index in [1.807, 2.05) is 26.0 Å². The molecule has 7 nitrogen and oxygen atoms in total. The van der Waals surface area contributed by atoms with Gasteiger partial charge < -0.3 is 9.88 Å². The molecule has 0 saturated heterocycles.